The predicted molar refractivity (Wildman–Crippen MR) is 121 cm³/mol. The highest BCUT2D eigenvalue weighted by molar-refractivity contribution is 5.69. The van der Waals surface area contributed by atoms with Crippen molar-refractivity contribution in [2.24, 2.45) is 17.8 Å². The second kappa shape index (κ2) is 13.3. The number of rotatable bonds is 7. The van der Waals surface area contributed by atoms with Crippen LogP contribution in [-0.2, 0) is 9.53 Å². The molecule has 174 valence electrons. The third-order valence-electron chi connectivity index (χ3n) is 6.18. The zero-order chi connectivity index (χ0) is 22.8. The molecule has 0 aromatic rings. The number of hydrogen-bond donors (Lipinski definition) is 3. The number of hydrogen-bond acceptors (Lipinski definition) is 5. The standard InChI is InChI=1S/C25H44O5/c1-16-10-11-24(30-25(29)9-7-8-22(27)18(3)12-16)20(5)14-17(2)13-19(4)23(28)15-21(6)26/h10,13,18-24,26-28H,7-9,11-12,14-15H2,1-6H3/b16-10-,17-13+/t18-,19-,20-,21-,22+,23-,24+/m1/s1. The fourth-order valence-electron chi connectivity index (χ4n) is 4.24. The van der Waals surface area contributed by atoms with Gasteiger partial charge in [-0.1, -0.05) is 44.1 Å². The lowest BCUT2D eigenvalue weighted by molar-refractivity contribution is -0.151. The van der Waals surface area contributed by atoms with Crippen molar-refractivity contribution in [1.82, 2.24) is 0 Å². The number of aliphatic hydroxyl groups is 3. The Bertz CT molecular complexity index is 580. The van der Waals surface area contributed by atoms with Crippen LogP contribution in [0.2, 0.25) is 0 Å². The molecule has 1 rings (SSSR count). The Kier molecular flexibility index (Phi) is 11.9. The molecule has 0 aromatic carbocycles. The lowest BCUT2D eigenvalue weighted by Gasteiger charge is -2.26. The molecular weight excluding hydrogens is 380 g/mol. The molecule has 1 heterocycles. The van der Waals surface area contributed by atoms with Gasteiger partial charge in [0, 0.05) is 18.8 Å². The first-order valence-corrected chi connectivity index (χ1v) is 11.6. The van der Waals surface area contributed by atoms with Crippen LogP contribution in [0.1, 0.15) is 86.5 Å². The Balaban J connectivity index is 2.82. The van der Waals surface area contributed by atoms with E-state index in [4.69, 9.17) is 4.74 Å². The summed E-state index contributed by atoms with van der Waals surface area (Å²) in [5.41, 5.74) is 2.37. The summed E-state index contributed by atoms with van der Waals surface area (Å²) in [6, 6.07) is 0. The summed E-state index contributed by atoms with van der Waals surface area (Å²) in [4.78, 5) is 12.3. The van der Waals surface area contributed by atoms with Crippen LogP contribution in [0.3, 0.4) is 0 Å². The molecule has 3 N–H and O–H groups in total. The molecule has 0 saturated carbocycles. The SMILES string of the molecule is C/C1=C/C[C@@H]([C@H](C)C/C(C)=C/[C@@H](C)[C@H](O)C[C@@H](C)O)OC(=O)CCC[C@H](O)[C@H](C)C1. The molecule has 0 unspecified atom stereocenters. The molecule has 1 aliphatic heterocycles. The molecule has 0 aromatic heterocycles. The average Bonchev–Trinajstić information content (AvgIpc) is 2.63. The molecular formula is C25H44O5. The number of allylic oxidation sites excluding steroid dienone is 2. The Hall–Kier alpha value is -1.17. The molecule has 0 aliphatic carbocycles. The Morgan fingerprint density at radius 3 is 2.60 bits per heavy atom. The van der Waals surface area contributed by atoms with Gasteiger partial charge in [-0.3, -0.25) is 4.79 Å². The lowest BCUT2D eigenvalue weighted by Crippen LogP contribution is -2.26. The summed E-state index contributed by atoms with van der Waals surface area (Å²) in [6.07, 6.45) is 6.83. The van der Waals surface area contributed by atoms with Crippen LogP contribution in [0, 0.1) is 17.8 Å². The van der Waals surface area contributed by atoms with Crippen LogP contribution in [0.4, 0.5) is 0 Å². The largest absolute Gasteiger partial charge is 0.462 e. The fraction of sp³-hybridized carbons (Fsp3) is 0.800. The topological polar surface area (TPSA) is 87.0 Å². The zero-order valence-electron chi connectivity index (χ0n) is 19.8. The van der Waals surface area contributed by atoms with Gasteiger partial charge in [-0.2, -0.15) is 0 Å². The second-order valence-electron chi connectivity index (χ2n) is 9.66. The van der Waals surface area contributed by atoms with Crippen LogP contribution in [0.25, 0.3) is 0 Å². The quantitative estimate of drug-likeness (QED) is 0.412. The van der Waals surface area contributed by atoms with Crippen molar-refractivity contribution in [2.75, 3.05) is 0 Å². The van der Waals surface area contributed by atoms with Crippen molar-refractivity contribution in [1.29, 1.82) is 0 Å². The van der Waals surface area contributed by atoms with Gasteiger partial charge in [-0.25, -0.2) is 0 Å². The minimum atomic E-state index is -0.572. The van der Waals surface area contributed by atoms with Gasteiger partial charge in [0.1, 0.15) is 6.10 Å². The summed E-state index contributed by atoms with van der Waals surface area (Å²) in [6.45, 7) is 11.9. The maximum atomic E-state index is 12.3. The van der Waals surface area contributed by atoms with E-state index < -0.39 is 12.2 Å². The molecule has 0 spiro atoms. The van der Waals surface area contributed by atoms with Crippen molar-refractivity contribution >= 4 is 5.97 Å². The predicted octanol–water partition coefficient (Wildman–Crippen LogP) is 4.55. The summed E-state index contributed by atoms with van der Waals surface area (Å²) in [5, 5.41) is 29.9. The number of aliphatic hydroxyl groups excluding tert-OH is 3. The van der Waals surface area contributed by atoms with Gasteiger partial charge in [-0.05, 0) is 64.7 Å². The maximum absolute atomic E-state index is 12.3. The van der Waals surface area contributed by atoms with Gasteiger partial charge in [0.05, 0.1) is 18.3 Å². The van der Waals surface area contributed by atoms with E-state index in [9.17, 15) is 20.1 Å². The number of carbonyl (C=O) groups excluding carboxylic acids is 1. The molecule has 0 fully saturated rings. The molecule has 0 saturated heterocycles. The summed E-state index contributed by atoms with van der Waals surface area (Å²) >= 11 is 0. The van der Waals surface area contributed by atoms with Crippen molar-refractivity contribution in [3.8, 4) is 0 Å². The van der Waals surface area contributed by atoms with E-state index in [1.165, 1.54) is 5.57 Å². The van der Waals surface area contributed by atoms with Crippen LogP contribution in [0.5, 0.6) is 0 Å². The van der Waals surface area contributed by atoms with Crippen molar-refractivity contribution in [3.05, 3.63) is 23.3 Å². The van der Waals surface area contributed by atoms with Gasteiger partial charge in [0.2, 0.25) is 0 Å². The molecule has 30 heavy (non-hydrogen) atoms. The molecule has 0 bridgehead atoms. The van der Waals surface area contributed by atoms with E-state index >= 15 is 0 Å². The highest BCUT2D eigenvalue weighted by Crippen LogP contribution is 2.26. The van der Waals surface area contributed by atoms with E-state index in [0.717, 1.165) is 18.4 Å². The Morgan fingerprint density at radius 1 is 1.30 bits per heavy atom. The highest BCUT2D eigenvalue weighted by atomic mass is 16.5. The molecule has 7 atom stereocenters. The third-order valence-corrected chi connectivity index (χ3v) is 6.18. The molecule has 5 heteroatoms. The van der Waals surface area contributed by atoms with E-state index in [1.807, 2.05) is 13.8 Å². The number of ether oxygens (including phenoxy) is 1. The first-order valence-electron chi connectivity index (χ1n) is 11.6. The average molecular weight is 425 g/mol. The summed E-state index contributed by atoms with van der Waals surface area (Å²) in [7, 11) is 0. The smallest absolute Gasteiger partial charge is 0.306 e. The van der Waals surface area contributed by atoms with E-state index in [0.29, 0.717) is 32.1 Å². The van der Waals surface area contributed by atoms with Gasteiger partial charge in [0.25, 0.3) is 0 Å². The monoisotopic (exact) mass is 424 g/mol. The number of cyclic esters (lactones) is 1. The van der Waals surface area contributed by atoms with Crippen LogP contribution in [-0.4, -0.2) is 45.7 Å². The minimum absolute atomic E-state index is 0.0410. The van der Waals surface area contributed by atoms with Crippen LogP contribution >= 0.6 is 0 Å². The van der Waals surface area contributed by atoms with Crippen molar-refractivity contribution < 1.29 is 24.9 Å². The molecule has 5 nitrogen and oxygen atoms in total. The van der Waals surface area contributed by atoms with Crippen LogP contribution < -0.4 is 0 Å². The van der Waals surface area contributed by atoms with E-state index in [2.05, 4.69) is 32.9 Å². The first-order chi connectivity index (χ1) is 14.0. The first kappa shape index (κ1) is 26.9. The maximum Gasteiger partial charge on any atom is 0.306 e. The number of carbonyl (C=O) groups is 1. The summed E-state index contributed by atoms with van der Waals surface area (Å²) in [5.74, 6) is 0.106. The summed E-state index contributed by atoms with van der Waals surface area (Å²) < 4.78 is 5.83. The minimum Gasteiger partial charge on any atom is -0.462 e. The Labute approximate surface area is 183 Å². The lowest BCUT2D eigenvalue weighted by atomic mass is 9.89. The van der Waals surface area contributed by atoms with Crippen molar-refractivity contribution in [2.45, 2.75) is 111 Å². The number of esters is 1. The van der Waals surface area contributed by atoms with Gasteiger partial charge < -0.3 is 20.1 Å². The highest BCUT2D eigenvalue weighted by Gasteiger charge is 2.24. The molecule has 1 aliphatic rings. The van der Waals surface area contributed by atoms with E-state index in [1.54, 1.807) is 6.92 Å². The van der Waals surface area contributed by atoms with Crippen molar-refractivity contribution in [3.63, 3.8) is 0 Å². The van der Waals surface area contributed by atoms with Gasteiger partial charge in [-0.15, -0.1) is 0 Å². The van der Waals surface area contributed by atoms with Gasteiger partial charge in [0.15, 0.2) is 0 Å². The zero-order valence-corrected chi connectivity index (χ0v) is 19.8. The van der Waals surface area contributed by atoms with Gasteiger partial charge >= 0.3 is 5.97 Å². The third kappa shape index (κ3) is 10.2. The van der Waals surface area contributed by atoms with Crippen LogP contribution in [0.15, 0.2) is 23.3 Å². The normalized spacial score (nSPS) is 30.7. The second-order valence-corrected chi connectivity index (χ2v) is 9.66. The molecule has 0 radical (unpaired) electrons. The molecule has 0 amide bonds. The van der Waals surface area contributed by atoms with E-state index in [-0.39, 0.29) is 35.9 Å². The Morgan fingerprint density at radius 2 is 1.97 bits per heavy atom. The fourth-order valence-corrected chi connectivity index (χ4v) is 4.24.